The molecule has 0 aliphatic carbocycles. The Morgan fingerprint density at radius 3 is 3.08 bits per heavy atom. The van der Waals surface area contributed by atoms with Gasteiger partial charge in [-0.2, -0.15) is 5.10 Å². The fourth-order valence-electron chi connectivity index (χ4n) is 2.51. The van der Waals surface area contributed by atoms with E-state index in [0.717, 1.165) is 5.52 Å². The van der Waals surface area contributed by atoms with Gasteiger partial charge < -0.3 is 14.4 Å². The van der Waals surface area contributed by atoms with Crippen molar-refractivity contribution in [1.29, 1.82) is 0 Å². The maximum atomic E-state index is 11.9. The van der Waals surface area contributed by atoms with Crippen LogP contribution < -0.4 is 4.74 Å². The lowest BCUT2D eigenvalue weighted by Gasteiger charge is -2.18. The third-order valence-electron chi connectivity index (χ3n) is 3.59. The van der Waals surface area contributed by atoms with E-state index in [0.29, 0.717) is 27.9 Å². The molecule has 1 atom stereocenters. The van der Waals surface area contributed by atoms with E-state index in [4.69, 9.17) is 17.0 Å². The first kappa shape index (κ1) is 15.9. The molecule has 0 amide bonds. The predicted octanol–water partition coefficient (Wildman–Crippen LogP) is 3.33. The van der Waals surface area contributed by atoms with E-state index in [2.05, 4.69) is 16.8 Å². The number of aromatic amines is 1. The number of hydrogen-bond acceptors (Lipinski definition) is 4. The summed E-state index contributed by atoms with van der Waals surface area (Å²) in [4.78, 5) is 11.9. The van der Waals surface area contributed by atoms with Crippen molar-refractivity contribution < 1.29 is 14.6 Å². The number of rotatable bonds is 6. The molecule has 3 aromatic rings. The zero-order chi connectivity index (χ0) is 17.1. The quantitative estimate of drug-likeness (QED) is 0.531. The van der Waals surface area contributed by atoms with Gasteiger partial charge >= 0.3 is 5.97 Å². The van der Waals surface area contributed by atoms with Gasteiger partial charge in [-0.05, 0) is 23.8 Å². The minimum Gasteiger partial charge on any atom is -0.490 e. The number of H-pyrrole nitrogens is 1. The average Bonchev–Trinajstić information content (AvgIpc) is 3.05. The average molecular weight is 341 g/mol. The molecule has 2 aromatic heterocycles. The van der Waals surface area contributed by atoms with E-state index in [1.54, 1.807) is 53.4 Å². The molecular formula is C17H15N3O3S. The molecule has 6 nitrogen and oxygen atoms in total. The van der Waals surface area contributed by atoms with Crippen molar-refractivity contribution >= 4 is 29.1 Å². The van der Waals surface area contributed by atoms with Crippen LogP contribution in [0.5, 0.6) is 5.75 Å². The second-order valence-corrected chi connectivity index (χ2v) is 5.53. The molecule has 24 heavy (non-hydrogen) atoms. The topological polar surface area (TPSA) is 80.1 Å². The van der Waals surface area contributed by atoms with Gasteiger partial charge in [-0.1, -0.05) is 37.0 Å². The number of nitrogens with one attached hydrogen (secondary N) is 1. The van der Waals surface area contributed by atoms with Crippen molar-refractivity contribution in [2.45, 2.75) is 6.04 Å². The maximum absolute atomic E-state index is 11.9. The molecule has 0 aliphatic rings. The van der Waals surface area contributed by atoms with Crippen molar-refractivity contribution in [1.82, 2.24) is 14.8 Å². The maximum Gasteiger partial charge on any atom is 0.331 e. The Morgan fingerprint density at radius 2 is 2.33 bits per heavy atom. The third-order valence-corrected chi connectivity index (χ3v) is 4.02. The molecule has 2 heterocycles. The summed E-state index contributed by atoms with van der Waals surface area (Å²) in [5.74, 6) is -0.427. The van der Waals surface area contributed by atoms with Gasteiger partial charge in [0.2, 0.25) is 0 Å². The fourth-order valence-corrected chi connectivity index (χ4v) is 2.84. The van der Waals surface area contributed by atoms with Crippen LogP contribution in [0.15, 0.2) is 55.4 Å². The van der Waals surface area contributed by atoms with E-state index in [9.17, 15) is 9.90 Å². The highest BCUT2D eigenvalue weighted by Crippen LogP contribution is 2.25. The summed E-state index contributed by atoms with van der Waals surface area (Å²) >= 11 is 5.44. The number of nitrogens with zero attached hydrogens (tertiary/aromatic N) is 2. The molecule has 0 aliphatic heterocycles. The third kappa shape index (κ3) is 2.93. The number of carboxylic acid groups (broad SMARTS) is 1. The van der Waals surface area contributed by atoms with Crippen LogP contribution >= 0.6 is 12.2 Å². The Balaban J connectivity index is 2.09. The summed E-state index contributed by atoms with van der Waals surface area (Å²) in [6.07, 6.45) is 4.87. The van der Waals surface area contributed by atoms with Gasteiger partial charge in [-0.3, -0.25) is 5.10 Å². The van der Waals surface area contributed by atoms with E-state index >= 15 is 0 Å². The first-order chi connectivity index (χ1) is 11.6. The Labute approximate surface area is 143 Å². The predicted molar refractivity (Wildman–Crippen MR) is 92.8 cm³/mol. The fraction of sp³-hybridized carbons (Fsp3) is 0.118. The zero-order valence-corrected chi connectivity index (χ0v) is 13.5. The molecule has 122 valence electrons. The second-order valence-electron chi connectivity index (χ2n) is 5.14. The summed E-state index contributed by atoms with van der Waals surface area (Å²) in [5.41, 5.74) is 1.34. The van der Waals surface area contributed by atoms with Crippen molar-refractivity contribution in [3.8, 4) is 5.75 Å². The van der Waals surface area contributed by atoms with Crippen molar-refractivity contribution in [2.24, 2.45) is 0 Å². The Kier molecular flexibility index (Phi) is 4.43. The Morgan fingerprint density at radius 1 is 1.50 bits per heavy atom. The van der Waals surface area contributed by atoms with Crippen LogP contribution in [0.4, 0.5) is 0 Å². The number of fused-ring (bicyclic) bond motifs is 1. The Bertz CT molecular complexity index is 961. The van der Waals surface area contributed by atoms with Gasteiger partial charge in [0, 0.05) is 6.20 Å². The summed E-state index contributed by atoms with van der Waals surface area (Å²) in [6, 6.07) is 7.76. The van der Waals surface area contributed by atoms with Gasteiger partial charge in [0.25, 0.3) is 0 Å². The normalized spacial score (nSPS) is 12.0. The van der Waals surface area contributed by atoms with E-state index in [1.165, 1.54) is 0 Å². The highest BCUT2D eigenvalue weighted by atomic mass is 32.1. The number of aromatic nitrogens is 3. The summed E-state index contributed by atoms with van der Waals surface area (Å²) in [5, 5.41) is 17.2. The molecule has 7 heteroatoms. The van der Waals surface area contributed by atoms with Crippen LogP contribution in [0.3, 0.4) is 0 Å². The van der Waals surface area contributed by atoms with Crippen LogP contribution in [0.1, 0.15) is 11.6 Å². The minimum absolute atomic E-state index is 0.349. The monoisotopic (exact) mass is 341 g/mol. The standard InChI is InChI=1S/C17H15N3O3S/c1-2-8-23-12-5-3-4-11(9-12)15(17(21)22)20-7-6-14-13(16(20)24)10-18-19-14/h2-7,9-10,15H,1,8H2,(H,18,19)(H,21,22). The van der Waals surface area contributed by atoms with Crippen LogP contribution in [-0.4, -0.2) is 32.4 Å². The van der Waals surface area contributed by atoms with Gasteiger partial charge in [-0.15, -0.1) is 0 Å². The molecule has 0 radical (unpaired) electrons. The van der Waals surface area contributed by atoms with Crippen LogP contribution in [-0.2, 0) is 4.79 Å². The van der Waals surface area contributed by atoms with Gasteiger partial charge in [0.15, 0.2) is 6.04 Å². The lowest BCUT2D eigenvalue weighted by atomic mass is 10.1. The van der Waals surface area contributed by atoms with Crippen LogP contribution in [0, 0.1) is 4.64 Å². The molecule has 1 unspecified atom stereocenters. The zero-order valence-electron chi connectivity index (χ0n) is 12.7. The highest BCUT2D eigenvalue weighted by Gasteiger charge is 2.23. The number of ether oxygens (including phenoxy) is 1. The van der Waals surface area contributed by atoms with Crippen LogP contribution in [0.2, 0.25) is 0 Å². The molecule has 0 saturated carbocycles. The lowest BCUT2D eigenvalue weighted by Crippen LogP contribution is -2.21. The lowest BCUT2D eigenvalue weighted by molar-refractivity contribution is -0.139. The first-order valence-electron chi connectivity index (χ1n) is 7.22. The minimum atomic E-state index is -1.00. The molecular weight excluding hydrogens is 326 g/mol. The van der Waals surface area contributed by atoms with Gasteiger partial charge in [-0.25, -0.2) is 4.79 Å². The number of aliphatic carboxylic acids is 1. The first-order valence-corrected chi connectivity index (χ1v) is 7.63. The summed E-state index contributed by atoms with van der Waals surface area (Å²) < 4.78 is 7.44. The van der Waals surface area contributed by atoms with Crippen molar-refractivity contribution in [3.05, 3.63) is 65.6 Å². The molecule has 1 aromatic carbocycles. The molecule has 2 N–H and O–H groups in total. The van der Waals surface area contributed by atoms with Gasteiger partial charge in [0.05, 0.1) is 17.1 Å². The van der Waals surface area contributed by atoms with Crippen molar-refractivity contribution in [2.75, 3.05) is 6.61 Å². The largest absolute Gasteiger partial charge is 0.490 e. The molecule has 0 saturated heterocycles. The molecule has 3 rings (SSSR count). The van der Waals surface area contributed by atoms with Crippen molar-refractivity contribution in [3.63, 3.8) is 0 Å². The highest BCUT2D eigenvalue weighted by molar-refractivity contribution is 7.71. The molecule has 0 fully saturated rings. The van der Waals surface area contributed by atoms with E-state index in [1.807, 2.05) is 0 Å². The van der Waals surface area contributed by atoms with Crippen LogP contribution in [0.25, 0.3) is 10.9 Å². The summed E-state index contributed by atoms with van der Waals surface area (Å²) in [6.45, 7) is 3.95. The number of benzene rings is 1. The number of hydrogen-bond donors (Lipinski definition) is 2. The Hall–Kier alpha value is -2.93. The summed E-state index contributed by atoms with van der Waals surface area (Å²) in [7, 11) is 0. The van der Waals surface area contributed by atoms with Gasteiger partial charge in [0.1, 0.15) is 17.0 Å². The van der Waals surface area contributed by atoms with E-state index in [-0.39, 0.29) is 0 Å². The smallest absolute Gasteiger partial charge is 0.331 e. The number of carbonyl (C=O) groups is 1. The number of carboxylic acids is 1. The second kappa shape index (κ2) is 6.67. The molecule has 0 spiro atoms. The number of pyridine rings is 1. The molecule has 0 bridgehead atoms. The SMILES string of the molecule is C=CCOc1cccc(C(C(=O)O)n2ccc3[nH]ncc3c2=S)c1. The van der Waals surface area contributed by atoms with E-state index < -0.39 is 12.0 Å².